The summed E-state index contributed by atoms with van der Waals surface area (Å²) in [5.74, 6) is -0.0771. The van der Waals surface area contributed by atoms with Crippen molar-refractivity contribution in [1.29, 1.82) is 0 Å². The van der Waals surface area contributed by atoms with Crippen LogP contribution in [0.3, 0.4) is 0 Å². The second-order valence-corrected chi connectivity index (χ2v) is 6.91. The molecule has 0 radical (unpaired) electrons. The molecule has 1 aromatic rings. The molecule has 0 unspecified atom stereocenters. The molecule has 1 aliphatic rings. The van der Waals surface area contributed by atoms with E-state index in [0.717, 1.165) is 31.7 Å². The third-order valence-corrected chi connectivity index (χ3v) is 4.71. The van der Waals surface area contributed by atoms with Gasteiger partial charge < -0.3 is 20.1 Å². The summed E-state index contributed by atoms with van der Waals surface area (Å²) in [5, 5.41) is 6.43. The van der Waals surface area contributed by atoms with Crippen LogP contribution in [0, 0.1) is 5.92 Å². The van der Waals surface area contributed by atoms with Crippen molar-refractivity contribution in [3.63, 3.8) is 0 Å². The van der Waals surface area contributed by atoms with Gasteiger partial charge in [-0.25, -0.2) is 9.98 Å². The summed E-state index contributed by atoms with van der Waals surface area (Å²) in [5.41, 5.74) is -0.905. The Hall–Kier alpha value is -1.79. The Bertz CT molecular complexity index is 711. The highest BCUT2D eigenvalue weighted by Gasteiger charge is 2.35. The molecule has 0 spiro atoms. The van der Waals surface area contributed by atoms with Crippen molar-refractivity contribution in [2.75, 3.05) is 26.3 Å². The molecule has 0 bridgehead atoms. The summed E-state index contributed by atoms with van der Waals surface area (Å²) in [6.45, 7) is 4.89. The smallest absolute Gasteiger partial charge is 0.421 e. The van der Waals surface area contributed by atoms with Crippen LogP contribution in [-0.2, 0) is 15.7 Å². The van der Waals surface area contributed by atoms with Crippen molar-refractivity contribution in [2.45, 2.75) is 51.7 Å². The fourth-order valence-corrected chi connectivity index (χ4v) is 3.27. The van der Waals surface area contributed by atoms with E-state index in [1.165, 1.54) is 12.3 Å². The summed E-state index contributed by atoms with van der Waals surface area (Å²) < 4.78 is 49.2. The van der Waals surface area contributed by atoms with Crippen LogP contribution in [-0.4, -0.2) is 49.3 Å². The molecule has 1 saturated carbocycles. The standard InChI is InChI=1S/C20H29F3N4O3.HI/c1-3-24-19(27-15-9-7-14(8-10-15)18(28)29-4-2)26-12-13-30-17-16(20(21,22)23)6-5-11-25-17;/h5-6,11,14-15H,3-4,7-10,12-13H2,1-2H3,(H2,24,26,27);1H. The number of alkyl halides is 3. The molecular formula is C20H30F3IN4O3. The number of hydrogen-bond acceptors (Lipinski definition) is 5. The summed E-state index contributed by atoms with van der Waals surface area (Å²) in [7, 11) is 0. The molecule has 0 amide bonds. The van der Waals surface area contributed by atoms with E-state index in [0.29, 0.717) is 19.1 Å². The van der Waals surface area contributed by atoms with Gasteiger partial charge in [-0.2, -0.15) is 13.2 Å². The highest BCUT2D eigenvalue weighted by atomic mass is 127. The first kappa shape index (κ1) is 27.2. The van der Waals surface area contributed by atoms with Crippen molar-refractivity contribution < 1.29 is 27.4 Å². The maximum atomic E-state index is 13.0. The number of pyridine rings is 1. The zero-order valence-electron chi connectivity index (χ0n) is 17.7. The van der Waals surface area contributed by atoms with Crippen LogP contribution in [0.1, 0.15) is 45.1 Å². The molecule has 7 nitrogen and oxygen atoms in total. The van der Waals surface area contributed by atoms with Crippen LogP contribution in [0.5, 0.6) is 5.88 Å². The topological polar surface area (TPSA) is 84.8 Å². The maximum Gasteiger partial charge on any atom is 0.421 e. The Morgan fingerprint density at radius 1 is 1.26 bits per heavy atom. The van der Waals surface area contributed by atoms with Crippen LogP contribution >= 0.6 is 24.0 Å². The fourth-order valence-electron chi connectivity index (χ4n) is 3.27. The highest BCUT2D eigenvalue weighted by Crippen LogP contribution is 2.34. The first-order valence-corrected chi connectivity index (χ1v) is 10.2. The largest absolute Gasteiger partial charge is 0.475 e. The van der Waals surface area contributed by atoms with Crippen molar-refractivity contribution in [3.8, 4) is 5.88 Å². The van der Waals surface area contributed by atoms with Crippen LogP contribution in [0.2, 0.25) is 0 Å². The summed E-state index contributed by atoms with van der Waals surface area (Å²) in [4.78, 5) is 19.9. The molecule has 0 saturated heterocycles. The minimum atomic E-state index is -4.52. The van der Waals surface area contributed by atoms with Gasteiger partial charge in [-0.3, -0.25) is 4.79 Å². The van der Waals surface area contributed by atoms with Gasteiger partial charge in [-0.1, -0.05) is 0 Å². The molecule has 176 valence electrons. The SMILES string of the molecule is CCNC(=NCCOc1ncccc1C(F)(F)F)NC1CCC(C(=O)OCC)CC1.I. The summed E-state index contributed by atoms with van der Waals surface area (Å²) in [6, 6.07) is 2.32. The van der Waals surface area contributed by atoms with Crippen LogP contribution in [0.4, 0.5) is 13.2 Å². The first-order chi connectivity index (χ1) is 14.3. The Labute approximate surface area is 197 Å². The summed E-state index contributed by atoms with van der Waals surface area (Å²) in [6.07, 6.45) is -0.143. The molecule has 0 aromatic carbocycles. The average Bonchev–Trinajstić information content (AvgIpc) is 2.71. The van der Waals surface area contributed by atoms with E-state index in [1.807, 2.05) is 6.92 Å². The van der Waals surface area contributed by atoms with Crippen molar-refractivity contribution in [1.82, 2.24) is 15.6 Å². The van der Waals surface area contributed by atoms with E-state index >= 15 is 0 Å². The van der Waals surface area contributed by atoms with Gasteiger partial charge in [0.25, 0.3) is 0 Å². The van der Waals surface area contributed by atoms with Crippen molar-refractivity contribution in [3.05, 3.63) is 23.9 Å². The Balaban J connectivity index is 0.00000480. The normalized spacial score (nSPS) is 19.2. The van der Waals surface area contributed by atoms with Gasteiger partial charge in [0.1, 0.15) is 12.2 Å². The quantitative estimate of drug-likeness (QED) is 0.166. The number of ether oxygens (including phenoxy) is 2. The van der Waals surface area contributed by atoms with Gasteiger partial charge in [0, 0.05) is 18.8 Å². The second-order valence-electron chi connectivity index (χ2n) is 6.91. The Morgan fingerprint density at radius 2 is 1.97 bits per heavy atom. The molecule has 2 rings (SSSR count). The number of hydrogen-bond donors (Lipinski definition) is 2. The number of halogens is 4. The molecule has 0 atom stereocenters. The van der Waals surface area contributed by atoms with E-state index < -0.39 is 17.6 Å². The lowest BCUT2D eigenvalue weighted by molar-refractivity contribution is -0.149. The third-order valence-electron chi connectivity index (χ3n) is 4.71. The van der Waals surface area contributed by atoms with E-state index in [4.69, 9.17) is 9.47 Å². The van der Waals surface area contributed by atoms with E-state index in [-0.39, 0.29) is 55.1 Å². The maximum absolute atomic E-state index is 13.0. The lowest BCUT2D eigenvalue weighted by atomic mass is 9.86. The van der Waals surface area contributed by atoms with Gasteiger partial charge >= 0.3 is 12.1 Å². The van der Waals surface area contributed by atoms with Gasteiger partial charge in [0.15, 0.2) is 5.96 Å². The molecule has 2 N–H and O–H groups in total. The van der Waals surface area contributed by atoms with Gasteiger partial charge in [0.05, 0.1) is 19.1 Å². The number of aliphatic imine (C=N–C) groups is 1. The lowest BCUT2D eigenvalue weighted by Crippen LogP contribution is -2.45. The predicted molar refractivity (Wildman–Crippen MR) is 122 cm³/mol. The van der Waals surface area contributed by atoms with E-state index in [1.54, 1.807) is 6.92 Å². The van der Waals surface area contributed by atoms with Crippen LogP contribution in [0.15, 0.2) is 23.3 Å². The fraction of sp³-hybridized carbons (Fsp3) is 0.650. The van der Waals surface area contributed by atoms with Crippen LogP contribution < -0.4 is 15.4 Å². The highest BCUT2D eigenvalue weighted by molar-refractivity contribution is 14.0. The zero-order chi connectivity index (χ0) is 22.0. The summed E-state index contributed by atoms with van der Waals surface area (Å²) >= 11 is 0. The van der Waals surface area contributed by atoms with Gasteiger partial charge in [-0.05, 0) is 51.7 Å². The molecule has 11 heteroatoms. The zero-order valence-corrected chi connectivity index (χ0v) is 20.0. The number of guanidine groups is 1. The van der Waals surface area contributed by atoms with Gasteiger partial charge in [-0.15, -0.1) is 24.0 Å². The predicted octanol–water partition coefficient (Wildman–Crippen LogP) is 3.77. The second kappa shape index (κ2) is 13.6. The number of aromatic nitrogens is 1. The van der Waals surface area contributed by atoms with Crippen molar-refractivity contribution >= 4 is 35.9 Å². The molecule has 1 aliphatic carbocycles. The number of carbonyl (C=O) groups is 1. The molecule has 1 heterocycles. The van der Waals surface area contributed by atoms with Crippen molar-refractivity contribution in [2.24, 2.45) is 10.9 Å². The monoisotopic (exact) mass is 558 g/mol. The lowest BCUT2D eigenvalue weighted by Gasteiger charge is -2.29. The van der Waals surface area contributed by atoms with E-state index in [2.05, 4.69) is 20.6 Å². The molecule has 1 aromatic heterocycles. The third kappa shape index (κ3) is 9.08. The minimum Gasteiger partial charge on any atom is -0.475 e. The molecule has 1 fully saturated rings. The minimum absolute atomic E-state index is 0. The average molecular weight is 558 g/mol. The molecular weight excluding hydrogens is 528 g/mol. The van der Waals surface area contributed by atoms with Gasteiger partial charge in [0.2, 0.25) is 5.88 Å². The Kier molecular flexibility index (Phi) is 11.9. The number of esters is 1. The number of nitrogens with zero attached hydrogens (tertiary/aromatic N) is 2. The molecule has 31 heavy (non-hydrogen) atoms. The number of carbonyl (C=O) groups excluding carboxylic acids is 1. The first-order valence-electron chi connectivity index (χ1n) is 10.2. The number of rotatable bonds is 8. The molecule has 0 aliphatic heterocycles. The van der Waals surface area contributed by atoms with Crippen LogP contribution in [0.25, 0.3) is 0 Å². The van der Waals surface area contributed by atoms with E-state index in [9.17, 15) is 18.0 Å². The number of nitrogens with one attached hydrogen (secondary N) is 2. The Morgan fingerprint density at radius 3 is 2.58 bits per heavy atom.